The molecule has 0 aliphatic heterocycles. The van der Waals surface area contributed by atoms with Gasteiger partial charge in [-0.15, -0.1) is 0 Å². The summed E-state index contributed by atoms with van der Waals surface area (Å²) in [6, 6.07) is 3.13. The van der Waals surface area contributed by atoms with Gasteiger partial charge in [-0.2, -0.15) is 0 Å². The van der Waals surface area contributed by atoms with Crippen LogP contribution in [-0.4, -0.2) is 9.91 Å². The predicted molar refractivity (Wildman–Crippen MR) is 67.1 cm³/mol. The maximum Gasteiger partial charge on any atom is 0.315 e. The minimum Gasteiger partial charge on any atom is -0.433 e. The highest BCUT2D eigenvalue weighted by Crippen LogP contribution is 2.33. The van der Waals surface area contributed by atoms with Crippen molar-refractivity contribution in [2.24, 2.45) is 0 Å². The molecule has 1 aromatic heterocycles. The second-order valence-corrected chi connectivity index (χ2v) is 5.71. The zero-order valence-electron chi connectivity index (χ0n) is 9.65. The Morgan fingerprint density at radius 1 is 1.41 bits per heavy atom. The van der Waals surface area contributed by atoms with Crippen LogP contribution in [0.1, 0.15) is 26.7 Å². The lowest BCUT2D eigenvalue weighted by atomic mass is 9.97. The predicted octanol–water partition coefficient (Wildman–Crippen LogP) is 3.80. The molecule has 0 radical (unpaired) electrons. The molecule has 90 valence electrons. The van der Waals surface area contributed by atoms with Gasteiger partial charge in [-0.3, -0.25) is 10.1 Å². The first kappa shape index (κ1) is 12.0. The molecule has 0 amide bonds. The number of aromatic nitrogens is 1. The zero-order valence-corrected chi connectivity index (χ0v) is 11.2. The van der Waals surface area contributed by atoms with E-state index in [0.29, 0.717) is 15.9 Å². The van der Waals surface area contributed by atoms with Gasteiger partial charge in [-0.25, -0.2) is 4.98 Å². The van der Waals surface area contributed by atoms with E-state index in [-0.39, 0.29) is 16.7 Å². The van der Waals surface area contributed by atoms with E-state index in [1.165, 1.54) is 6.07 Å². The lowest BCUT2D eigenvalue weighted by molar-refractivity contribution is -0.383. The summed E-state index contributed by atoms with van der Waals surface area (Å²) in [6.45, 7) is 5.83. The minimum atomic E-state index is -0.468. The van der Waals surface area contributed by atoms with E-state index < -0.39 is 4.92 Å². The average molecular weight is 299 g/mol. The third-order valence-electron chi connectivity index (χ3n) is 2.27. The molecule has 17 heavy (non-hydrogen) atoms. The Hall–Kier alpha value is -1.43. The van der Waals surface area contributed by atoms with Gasteiger partial charge < -0.3 is 4.42 Å². The van der Waals surface area contributed by atoms with E-state index in [1.54, 1.807) is 6.07 Å². The molecule has 0 aliphatic carbocycles. The molecule has 0 N–H and O–H groups in total. The molecule has 2 rings (SSSR count). The summed E-state index contributed by atoms with van der Waals surface area (Å²) in [5, 5.41) is 10.9. The molecule has 6 heteroatoms. The lowest BCUT2D eigenvalue weighted by Crippen LogP contribution is -2.10. The second kappa shape index (κ2) is 3.80. The van der Waals surface area contributed by atoms with Crippen molar-refractivity contribution >= 4 is 32.7 Å². The topological polar surface area (TPSA) is 69.2 Å². The van der Waals surface area contributed by atoms with Crippen LogP contribution in [-0.2, 0) is 5.41 Å². The Kier molecular flexibility index (Phi) is 2.69. The smallest absolute Gasteiger partial charge is 0.315 e. The monoisotopic (exact) mass is 298 g/mol. The third kappa shape index (κ3) is 2.17. The molecule has 0 saturated carbocycles. The summed E-state index contributed by atoms with van der Waals surface area (Å²) in [7, 11) is 0. The summed E-state index contributed by atoms with van der Waals surface area (Å²) in [4.78, 5) is 14.7. The van der Waals surface area contributed by atoms with Crippen molar-refractivity contribution in [1.82, 2.24) is 4.98 Å². The van der Waals surface area contributed by atoms with Crippen LogP contribution < -0.4 is 0 Å². The number of hydrogen-bond acceptors (Lipinski definition) is 4. The fraction of sp³-hybridized carbons (Fsp3) is 0.364. The number of fused-ring (bicyclic) bond motifs is 1. The number of benzene rings is 1. The highest BCUT2D eigenvalue weighted by Gasteiger charge is 2.25. The molecule has 1 aromatic carbocycles. The number of oxazole rings is 1. The number of non-ortho nitro benzene ring substituents is 1. The quantitative estimate of drug-likeness (QED) is 0.593. The van der Waals surface area contributed by atoms with Crippen LogP contribution in [0.3, 0.4) is 0 Å². The first-order valence-electron chi connectivity index (χ1n) is 5.04. The van der Waals surface area contributed by atoms with Crippen LogP contribution in [0.25, 0.3) is 11.1 Å². The normalized spacial score (nSPS) is 12.0. The summed E-state index contributed by atoms with van der Waals surface area (Å²) in [6.07, 6.45) is 0. The molecule has 1 heterocycles. The van der Waals surface area contributed by atoms with Gasteiger partial charge in [-0.1, -0.05) is 36.7 Å². The SMILES string of the molecule is CC(C)(C)c1nc2cc(Br)cc([N+](=O)[O-])c2o1. The first-order chi connectivity index (χ1) is 7.79. The van der Waals surface area contributed by atoms with Crippen LogP contribution >= 0.6 is 15.9 Å². The van der Waals surface area contributed by atoms with Crippen molar-refractivity contribution in [3.05, 3.63) is 32.6 Å². The van der Waals surface area contributed by atoms with Gasteiger partial charge in [0.1, 0.15) is 5.52 Å². The molecular formula is C11H11BrN2O3. The maximum atomic E-state index is 10.9. The van der Waals surface area contributed by atoms with Crippen LogP contribution in [0.2, 0.25) is 0 Å². The molecule has 5 nitrogen and oxygen atoms in total. The van der Waals surface area contributed by atoms with E-state index in [4.69, 9.17) is 4.42 Å². The number of hydrogen-bond donors (Lipinski definition) is 0. The van der Waals surface area contributed by atoms with Crippen LogP contribution in [0.4, 0.5) is 5.69 Å². The fourth-order valence-corrected chi connectivity index (χ4v) is 1.87. The number of nitro groups is 1. The molecule has 0 fully saturated rings. The van der Waals surface area contributed by atoms with Gasteiger partial charge in [0.25, 0.3) is 0 Å². The van der Waals surface area contributed by atoms with Crippen molar-refractivity contribution in [3.8, 4) is 0 Å². The molecular weight excluding hydrogens is 288 g/mol. The standard InChI is InChI=1S/C11H11BrN2O3/c1-11(2,3)10-13-7-4-6(12)5-8(14(15)16)9(7)17-10/h4-5H,1-3H3. The number of nitro benzene ring substituents is 1. The highest BCUT2D eigenvalue weighted by molar-refractivity contribution is 9.10. The molecule has 0 bridgehead atoms. The van der Waals surface area contributed by atoms with Crippen molar-refractivity contribution in [1.29, 1.82) is 0 Å². The summed E-state index contributed by atoms with van der Waals surface area (Å²) in [5.41, 5.74) is 0.371. The van der Waals surface area contributed by atoms with E-state index in [9.17, 15) is 10.1 Å². The van der Waals surface area contributed by atoms with Gasteiger partial charge in [0.05, 0.1) is 4.92 Å². The van der Waals surface area contributed by atoms with E-state index in [1.807, 2.05) is 20.8 Å². The van der Waals surface area contributed by atoms with Gasteiger partial charge >= 0.3 is 5.69 Å². The van der Waals surface area contributed by atoms with Gasteiger partial charge in [0, 0.05) is 16.0 Å². The van der Waals surface area contributed by atoms with Crippen molar-refractivity contribution < 1.29 is 9.34 Å². The molecule has 0 aliphatic rings. The molecule has 0 saturated heterocycles. The summed E-state index contributed by atoms with van der Waals surface area (Å²) >= 11 is 3.23. The van der Waals surface area contributed by atoms with Crippen molar-refractivity contribution in [2.45, 2.75) is 26.2 Å². The first-order valence-corrected chi connectivity index (χ1v) is 5.83. The van der Waals surface area contributed by atoms with Crippen LogP contribution in [0.15, 0.2) is 21.0 Å². The lowest BCUT2D eigenvalue weighted by Gasteiger charge is -2.11. The fourth-order valence-electron chi connectivity index (χ4n) is 1.44. The molecule has 0 atom stereocenters. The Morgan fingerprint density at radius 2 is 2.06 bits per heavy atom. The Labute approximate surface area is 106 Å². The van der Waals surface area contributed by atoms with Crippen molar-refractivity contribution in [2.75, 3.05) is 0 Å². The van der Waals surface area contributed by atoms with Gasteiger partial charge in [0.15, 0.2) is 0 Å². The number of rotatable bonds is 1. The van der Waals surface area contributed by atoms with E-state index >= 15 is 0 Å². The molecule has 0 unspecified atom stereocenters. The van der Waals surface area contributed by atoms with Crippen LogP contribution in [0, 0.1) is 10.1 Å². The zero-order chi connectivity index (χ0) is 12.8. The minimum absolute atomic E-state index is 0.0719. The maximum absolute atomic E-state index is 10.9. The Morgan fingerprint density at radius 3 is 2.59 bits per heavy atom. The number of nitrogens with zero attached hydrogens (tertiary/aromatic N) is 2. The summed E-state index contributed by atoms with van der Waals surface area (Å²) in [5.74, 6) is 0.494. The van der Waals surface area contributed by atoms with Crippen molar-refractivity contribution in [3.63, 3.8) is 0 Å². The highest BCUT2D eigenvalue weighted by atomic mass is 79.9. The second-order valence-electron chi connectivity index (χ2n) is 4.80. The average Bonchev–Trinajstić information content (AvgIpc) is 2.58. The van der Waals surface area contributed by atoms with Gasteiger partial charge in [-0.05, 0) is 6.07 Å². The van der Waals surface area contributed by atoms with Crippen LogP contribution in [0.5, 0.6) is 0 Å². The summed E-state index contributed by atoms with van der Waals surface area (Å²) < 4.78 is 6.12. The van der Waals surface area contributed by atoms with E-state index in [0.717, 1.165) is 0 Å². The number of halogens is 1. The Balaban J connectivity index is 2.76. The molecule has 0 spiro atoms. The third-order valence-corrected chi connectivity index (χ3v) is 2.73. The molecule has 2 aromatic rings. The van der Waals surface area contributed by atoms with Gasteiger partial charge in [0.2, 0.25) is 11.5 Å². The largest absolute Gasteiger partial charge is 0.433 e. The van der Waals surface area contributed by atoms with E-state index in [2.05, 4.69) is 20.9 Å². The Bertz CT molecular complexity index is 599.